The Balaban J connectivity index is 1.45. The van der Waals surface area contributed by atoms with Crippen LogP contribution in [0, 0.1) is 5.92 Å². The summed E-state index contributed by atoms with van der Waals surface area (Å²) < 4.78 is 32.5. The molecule has 156 valence electrons. The lowest BCUT2D eigenvalue weighted by atomic mass is 9.99. The van der Waals surface area contributed by atoms with E-state index in [-0.39, 0.29) is 29.3 Å². The standard InChI is InChI=1S/C20H19ClN4O4S/c21-17-11-5-4-10-16(17)19-23-24-20(29-19)22-18(26)14-7-6-12-25(13-14)30(27,28)15-8-2-1-3-9-15/h1-5,8-11,14H,6-7,12-13H2,(H,22,24,26). The summed E-state index contributed by atoms with van der Waals surface area (Å²) in [6.07, 6.45) is 1.15. The molecule has 3 aromatic rings. The summed E-state index contributed by atoms with van der Waals surface area (Å²) in [6, 6.07) is 15.1. The van der Waals surface area contributed by atoms with Gasteiger partial charge in [0.05, 0.1) is 21.4 Å². The van der Waals surface area contributed by atoms with Crippen molar-refractivity contribution in [2.75, 3.05) is 18.4 Å². The third kappa shape index (κ3) is 4.23. The van der Waals surface area contributed by atoms with Gasteiger partial charge in [-0.2, -0.15) is 4.31 Å². The number of piperidine rings is 1. The van der Waals surface area contributed by atoms with E-state index in [0.717, 1.165) is 0 Å². The minimum Gasteiger partial charge on any atom is -0.403 e. The Kier molecular flexibility index (Phi) is 5.85. The zero-order valence-corrected chi connectivity index (χ0v) is 17.4. The van der Waals surface area contributed by atoms with Gasteiger partial charge in [-0.1, -0.05) is 47.0 Å². The lowest BCUT2D eigenvalue weighted by Crippen LogP contribution is -2.43. The number of halogens is 1. The van der Waals surface area contributed by atoms with Crippen LogP contribution in [0.1, 0.15) is 12.8 Å². The van der Waals surface area contributed by atoms with Crippen molar-refractivity contribution in [3.8, 4) is 11.5 Å². The van der Waals surface area contributed by atoms with Crippen molar-refractivity contribution in [1.82, 2.24) is 14.5 Å². The molecule has 8 nitrogen and oxygen atoms in total. The lowest BCUT2D eigenvalue weighted by molar-refractivity contribution is -0.121. The molecule has 4 rings (SSSR count). The molecule has 1 atom stereocenters. The van der Waals surface area contributed by atoms with Crippen LogP contribution in [-0.4, -0.2) is 41.9 Å². The van der Waals surface area contributed by atoms with Crippen molar-refractivity contribution in [2.45, 2.75) is 17.7 Å². The molecule has 0 aliphatic carbocycles. The summed E-state index contributed by atoms with van der Waals surface area (Å²) in [6.45, 7) is 0.465. The molecule has 1 saturated heterocycles. The summed E-state index contributed by atoms with van der Waals surface area (Å²) in [4.78, 5) is 12.9. The largest absolute Gasteiger partial charge is 0.403 e. The number of nitrogens with one attached hydrogen (secondary N) is 1. The fourth-order valence-corrected chi connectivity index (χ4v) is 5.10. The van der Waals surface area contributed by atoms with Gasteiger partial charge in [-0.05, 0) is 37.1 Å². The van der Waals surface area contributed by atoms with Gasteiger partial charge in [0.1, 0.15) is 0 Å². The van der Waals surface area contributed by atoms with Crippen LogP contribution < -0.4 is 5.32 Å². The first kappa shape index (κ1) is 20.5. The van der Waals surface area contributed by atoms with Crippen LogP contribution in [0.5, 0.6) is 0 Å². The Morgan fingerprint density at radius 1 is 1.10 bits per heavy atom. The third-order valence-electron chi connectivity index (χ3n) is 4.90. The van der Waals surface area contributed by atoms with Gasteiger partial charge in [-0.3, -0.25) is 10.1 Å². The van der Waals surface area contributed by atoms with Crippen LogP contribution in [0.15, 0.2) is 63.9 Å². The van der Waals surface area contributed by atoms with E-state index in [0.29, 0.717) is 30.0 Å². The highest BCUT2D eigenvalue weighted by atomic mass is 35.5. The number of anilines is 1. The van der Waals surface area contributed by atoms with Crippen LogP contribution in [0.2, 0.25) is 5.02 Å². The average Bonchev–Trinajstić information content (AvgIpc) is 3.23. The maximum Gasteiger partial charge on any atom is 0.322 e. The van der Waals surface area contributed by atoms with Crippen LogP contribution in [-0.2, 0) is 14.8 Å². The van der Waals surface area contributed by atoms with E-state index in [2.05, 4.69) is 15.5 Å². The normalized spacial score (nSPS) is 17.6. The number of nitrogens with zero attached hydrogens (tertiary/aromatic N) is 3. The molecule has 1 aliphatic heterocycles. The Morgan fingerprint density at radius 2 is 1.83 bits per heavy atom. The van der Waals surface area contributed by atoms with Gasteiger partial charge in [-0.25, -0.2) is 8.42 Å². The maximum absolute atomic E-state index is 12.8. The number of benzene rings is 2. The van der Waals surface area contributed by atoms with Crippen molar-refractivity contribution in [1.29, 1.82) is 0 Å². The molecule has 1 aliphatic rings. The molecule has 1 unspecified atom stereocenters. The van der Waals surface area contributed by atoms with Crippen LogP contribution in [0.4, 0.5) is 6.01 Å². The predicted molar refractivity (Wildman–Crippen MR) is 111 cm³/mol. The first-order chi connectivity index (χ1) is 14.4. The number of amides is 1. The highest BCUT2D eigenvalue weighted by Gasteiger charge is 2.33. The fraction of sp³-hybridized carbons (Fsp3) is 0.250. The molecule has 1 amide bonds. The van der Waals surface area contributed by atoms with E-state index < -0.39 is 15.9 Å². The van der Waals surface area contributed by atoms with Crippen molar-refractivity contribution < 1.29 is 17.6 Å². The summed E-state index contributed by atoms with van der Waals surface area (Å²) in [5, 5.41) is 10.8. The lowest BCUT2D eigenvalue weighted by Gasteiger charge is -2.30. The van der Waals surface area contributed by atoms with E-state index in [1.165, 1.54) is 4.31 Å². The van der Waals surface area contributed by atoms with Crippen molar-refractivity contribution in [3.05, 3.63) is 59.6 Å². The van der Waals surface area contributed by atoms with Gasteiger partial charge >= 0.3 is 6.01 Å². The number of rotatable bonds is 5. The number of carbonyl (C=O) groups excluding carboxylic acids is 1. The molecule has 30 heavy (non-hydrogen) atoms. The second kappa shape index (κ2) is 8.55. The zero-order chi connectivity index (χ0) is 21.1. The monoisotopic (exact) mass is 446 g/mol. The van der Waals surface area contributed by atoms with Crippen molar-refractivity contribution in [3.63, 3.8) is 0 Å². The van der Waals surface area contributed by atoms with Gasteiger partial charge in [0.2, 0.25) is 15.9 Å². The van der Waals surface area contributed by atoms with Gasteiger partial charge in [0.15, 0.2) is 0 Å². The first-order valence-electron chi connectivity index (χ1n) is 9.39. The molecule has 1 aromatic heterocycles. The smallest absolute Gasteiger partial charge is 0.322 e. The minimum absolute atomic E-state index is 0.0574. The van der Waals surface area contributed by atoms with Gasteiger partial charge in [0.25, 0.3) is 5.89 Å². The number of carbonyl (C=O) groups is 1. The molecule has 2 aromatic carbocycles. The van der Waals surface area contributed by atoms with Crippen LogP contribution in [0.3, 0.4) is 0 Å². The van der Waals surface area contributed by atoms with E-state index in [1.807, 2.05) is 0 Å². The number of hydrogen-bond acceptors (Lipinski definition) is 6. The molecule has 0 saturated carbocycles. The number of sulfonamides is 1. The highest BCUT2D eigenvalue weighted by Crippen LogP contribution is 2.28. The summed E-state index contributed by atoms with van der Waals surface area (Å²) in [5.41, 5.74) is 0.560. The summed E-state index contributed by atoms with van der Waals surface area (Å²) in [5.74, 6) is -0.696. The molecular weight excluding hydrogens is 428 g/mol. The molecule has 1 fully saturated rings. The SMILES string of the molecule is O=C(Nc1nnc(-c2ccccc2Cl)o1)C1CCCN(S(=O)(=O)c2ccccc2)C1. The molecule has 0 bridgehead atoms. The fourth-order valence-electron chi connectivity index (χ4n) is 3.34. The molecule has 2 heterocycles. The van der Waals surface area contributed by atoms with Crippen molar-refractivity contribution >= 4 is 33.5 Å². The Hall–Kier alpha value is -2.75. The maximum atomic E-state index is 12.8. The van der Waals surface area contributed by atoms with Crippen LogP contribution in [0.25, 0.3) is 11.5 Å². The molecule has 1 N–H and O–H groups in total. The van der Waals surface area contributed by atoms with E-state index in [4.69, 9.17) is 16.0 Å². The predicted octanol–water partition coefficient (Wildman–Crippen LogP) is 3.43. The number of aromatic nitrogens is 2. The first-order valence-corrected chi connectivity index (χ1v) is 11.2. The van der Waals surface area contributed by atoms with E-state index >= 15 is 0 Å². The van der Waals surface area contributed by atoms with Gasteiger partial charge in [-0.15, -0.1) is 5.10 Å². The molecule has 0 spiro atoms. The second-order valence-corrected chi connectivity index (χ2v) is 9.24. The Morgan fingerprint density at radius 3 is 2.60 bits per heavy atom. The molecule has 0 radical (unpaired) electrons. The third-order valence-corrected chi connectivity index (χ3v) is 7.10. The van der Waals surface area contributed by atoms with Gasteiger partial charge in [0, 0.05) is 13.1 Å². The Labute approximate surface area is 178 Å². The minimum atomic E-state index is -3.65. The topological polar surface area (TPSA) is 105 Å². The van der Waals surface area contributed by atoms with E-state index in [1.54, 1.807) is 54.6 Å². The summed E-state index contributed by atoms with van der Waals surface area (Å²) >= 11 is 6.13. The zero-order valence-electron chi connectivity index (χ0n) is 15.9. The highest BCUT2D eigenvalue weighted by molar-refractivity contribution is 7.89. The van der Waals surface area contributed by atoms with Crippen molar-refractivity contribution in [2.24, 2.45) is 5.92 Å². The van der Waals surface area contributed by atoms with Gasteiger partial charge < -0.3 is 4.42 Å². The molecule has 10 heteroatoms. The molecular formula is C20H19ClN4O4S. The average molecular weight is 447 g/mol. The van der Waals surface area contributed by atoms with E-state index in [9.17, 15) is 13.2 Å². The number of hydrogen-bond donors (Lipinski definition) is 1. The Bertz CT molecular complexity index is 1150. The van der Waals surface area contributed by atoms with Crippen LogP contribution >= 0.6 is 11.6 Å². The summed E-state index contributed by atoms with van der Waals surface area (Å²) in [7, 11) is -3.65. The second-order valence-electron chi connectivity index (χ2n) is 6.90. The quantitative estimate of drug-likeness (QED) is 0.643.